The highest BCUT2D eigenvalue weighted by Crippen LogP contribution is 2.20. The average Bonchev–Trinajstić information content (AvgIpc) is 2.96. The van der Waals surface area contributed by atoms with Crippen molar-refractivity contribution in [3.63, 3.8) is 0 Å². The number of aryl methyl sites for hydroxylation is 1. The predicted molar refractivity (Wildman–Crippen MR) is 106 cm³/mol. The van der Waals surface area contributed by atoms with Gasteiger partial charge in [-0.05, 0) is 42.1 Å². The Morgan fingerprint density at radius 2 is 2.08 bits per heavy atom. The molecule has 0 radical (unpaired) electrons. The van der Waals surface area contributed by atoms with Gasteiger partial charge in [0.1, 0.15) is 5.82 Å². The van der Waals surface area contributed by atoms with Crippen molar-refractivity contribution in [2.45, 2.75) is 19.9 Å². The summed E-state index contributed by atoms with van der Waals surface area (Å²) in [5.41, 5.74) is 8.87. The maximum Gasteiger partial charge on any atom is 0.246 e. The minimum atomic E-state index is -0.0274. The number of hydrogen-bond acceptors (Lipinski definition) is 3. The van der Waals surface area contributed by atoms with E-state index in [-0.39, 0.29) is 5.91 Å². The summed E-state index contributed by atoms with van der Waals surface area (Å²) in [4.78, 5) is 18.6. The third-order valence-corrected chi connectivity index (χ3v) is 4.49. The summed E-state index contributed by atoms with van der Waals surface area (Å²) in [6.45, 7) is 3.35. The van der Waals surface area contributed by atoms with Crippen LogP contribution in [0.1, 0.15) is 24.6 Å². The van der Waals surface area contributed by atoms with Gasteiger partial charge in [-0.15, -0.1) is 0 Å². The first kappa shape index (κ1) is 17.7. The van der Waals surface area contributed by atoms with E-state index in [2.05, 4.69) is 34.7 Å². The number of amides is 1. The number of carbonyl (C=O) groups excluding carboxylic acids is 1. The normalized spacial score (nSPS) is 11.3. The lowest BCUT2D eigenvalue weighted by Crippen LogP contribution is -2.30. The molecular formula is C21H24N4O. The number of hydrogen-bond donors (Lipinski definition) is 1. The van der Waals surface area contributed by atoms with Crippen molar-refractivity contribution in [3.05, 3.63) is 66.0 Å². The van der Waals surface area contributed by atoms with Crippen LogP contribution in [0.25, 0.3) is 17.0 Å². The van der Waals surface area contributed by atoms with Crippen LogP contribution in [0.3, 0.4) is 0 Å². The summed E-state index contributed by atoms with van der Waals surface area (Å²) < 4.78 is 2.15. The fourth-order valence-electron chi connectivity index (χ4n) is 3.07. The van der Waals surface area contributed by atoms with Crippen LogP contribution in [0.4, 0.5) is 5.82 Å². The molecule has 2 aromatic heterocycles. The number of nitrogens with zero attached hydrogens (tertiary/aromatic N) is 3. The van der Waals surface area contributed by atoms with Gasteiger partial charge in [0.2, 0.25) is 5.91 Å². The zero-order valence-corrected chi connectivity index (χ0v) is 15.2. The number of fused-ring (bicyclic) bond motifs is 1. The largest absolute Gasteiger partial charge is 0.383 e. The topological polar surface area (TPSA) is 64.2 Å². The second-order valence-corrected chi connectivity index (χ2v) is 6.32. The first-order valence-corrected chi connectivity index (χ1v) is 8.81. The molecule has 0 saturated carbocycles. The molecule has 0 saturated heterocycles. The molecule has 2 heterocycles. The van der Waals surface area contributed by atoms with Gasteiger partial charge in [-0.1, -0.05) is 25.1 Å². The van der Waals surface area contributed by atoms with Gasteiger partial charge in [0.15, 0.2) is 0 Å². The SMILES string of the molecule is CCCN(Cc1cc2ccccc2n1C)C(=O)C=Cc1cccnc1N. The predicted octanol–water partition coefficient (Wildman–Crippen LogP) is 3.61. The van der Waals surface area contributed by atoms with Gasteiger partial charge in [-0.25, -0.2) is 4.98 Å². The van der Waals surface area contributed by atoms with Crippen LogP contribution in [0.15, 0.2) is 54.7 Å². The molecule has 134 valence electrons. The van der Waals surface area contributed by atoms with Crippen LogP contribution in [0, 0.1) is 0 Å². The summed E-state index contributed by atoms with van der Waals surface area (Å²) in [7, 11) is 2.04. The highest BCUT2D eigenvalue weighted by molar-refractivity contribution is 5.92. The number of nitrogens with two attached hydrogens (primary N) is 1. The number of pyridine rings is 1. The first-order valence-electron chi connectivity index (χ1n) is 8.81. The average molecular weight is 348 g/mol. The molecule has 1 aromatic carbocycles. The molecule has 0 fully saturated rings. The van der Waals surface area contributed by atoms with Gasteiger partial charge >= 0.3 is 0 Å². The van der Waals surface area contributed by atoms with Crippen molar-refractivity contribution in [1.29, 1.82) is 0 Å². The molecule has 0 spiro atoms. The number of carbonyl (C=O) groups is 1. The molecule has 3 rings (SSSR count). The molecular weight excluding hydrogens is 324 g/mol. The highest BCUT2D eigenvalue weighted by Gasteiger charge is 2.14. The molecule has 1 amide bonds. The molecule has 0 unspecified atom stereocenters. The Bertz CT molecular complexity index is 942. The molecule has 5 nitrogen and oxygen atoms in total. The van der Waals surface area contributed by atoms with E-state index in [0.29, 0.717) is 18.9 Å². The quantitative estimate of drug-likeness (QED) is 0.692. The monoisotopic (exact) mass is 348 g/mol. The number of rotatable bonds is 6. The van der Waals surface area contributed by atoms with E-state index in [1.165, 1.54) is 10.9 Å². The van der Waals surface area contributed by atoms with Crippen LogP contribution in [0.2, 0.25) is 0 Å². The molecule has 0 bridgehead atoms. The summed E-state index contributed by atoms with van der Waals surface area (Å²) in [5, 5.41) is 1.19. The molecule has 26 heavy (non-hydrogen) atoms. The van der Waals surface area contributed by atoms with Crippen molar-refractivity contribution in [1.82, 2.24) is 14.5 Å². The molecule has 0 atom stereocenters. The van der Waals surface area contributed by atoms with Crippen molar-refractivity contribution < 1.29 is 4.79 Å². The van der Waals surface area contributed by atoms with E-state index < -0.39 is 0 Å². The van der Waals surface area contributed by atoms with E-state index in [1.807, 2.05) is 30.1 Å². The Labute approximate surface area is 153 Å². The van der Waals surface area contributed by atoms with Crippen LogP contribution in [0.5, 0.6) is 0 Å². The molecule has 0 aliphatic heterocycles. The zero-order valence-electron chi connectivity index (χ0n) is 15.2. The van der Waals surface area contributed by atoms with Gasteiger partial charge in [0, 0.05) is 42.6 Å². The number of benzene rings is 1. The number of aromatic nitrogens is 2. The Kier molecular flexibility index (Phi) is 5.37. The number of nitrogen functional groups attached to an aromatic ring is 1. The van der Waals surface area contributed by atoms with Crippen LogP contribution < -0.4 is 5.73 Å². The maximum atomic E-state index is 12.7. The fraction of sp³-hybridized carbons (Fsp3) is 0.238. The van der Waals surface area contributed by atoms with Gasteiger partial charge in [0.05, 0.1) is 6.54 Å². The van der Waals surface area contributed by atoms with Crippen molar-refractivity contribution in [3.8, 4) is 0 Å². The van der Waals surface area contributed by atoms with E-state index in [0.717, 1.165) is 17.7 Å². The van der Waals surface area contributed by atoms with Crippen LogP contribution in [-0.4, -0.2) is 26.9 Å². The smallest absolute Gasteiger partial charge is 0.246 e. The Morgan fingerprint density at radius 3 is 2.81 bits per heavy atom. The lowest BCUT2D eigenvalue weighted by atomic mass is 10.2. The lowest BCUT2D eigenvalue weighted by molar-refractivity contribution is -0.126. The second kappa shape index (κ2) is 7.87. The molecule has 2 N–H and O–H groups in total. The molecule has 0 aliphatic carbocycles. The van der Waals surface area contributed by atoms with E-state index >= 15 is 0 Å². The van der Waals surface area contributed by atoms with Gasteiger partial charge < -0.3 is 15.2 Å². The highest BCUT2D eigenvalue weighted by atomic mass is 16.2. The molecule has 5 heteroatoms. The van der Waals surface area contributed by atoms with Crippen molar-refractivity contribution in [2.24, 2.45) is 7.05 Å². The van der Waals surface area contributed by atoms with Crippen molar-refractivity contribution in [2.75, 3.05) is 12.3 Å². The minimum absolute atomic E-state index is 0.0274. The third kappa shape index (κ3) is 3.77. The van der Waals surface area contributed by atoms with E-state index in [9.17, 15) is 4.79 Å². The van der Waals surface area contributed by atoms with Crippen LogP contribution >= 0.6 is 0 Å². The molecule has 0 aliphatic rings. The summed E-state index contributed by atoms with van der Waals surface area (Å²) in [6.07, 6.45) is 5.84. The van der Waals surface area contributed by atoms with Gasteiger partial charge in [-0.3, -0.25) is 4.79 Å². The third-order valence-electron chi connectivity index (χ3n) is 4.49. The fourth-order valence-corrected chi connectivity index (χ4v) is 3.07. The van der Waals surface area contributed by atoms with Gasteiger partial charge in [0.25, 0.3) is 0 Å². The van der Waals surface area contributed by atoms with Gasteiger partial charge in [-0.2, -0.15) is 0 Å². The Balaban J connectivity index is 1.80. The standard InChI is InChI=1S/C21H24N4O/c1-3-13-25(20(26)11-10-16-8-6-12-23-21(16)22)15-18-14-17-7-4-5-9-19(17)24(18)2/h4-12,14H,3,13,15H2,1-2H3,(H2,22,23). The van der Waals surface area contributed by atoms with Crippen molar-refractivity contribution >= 4 is 28.7 Å². The van der Waals surface area contributed by atoms with E-state index in [1.54, 1.807) is 24.4 Å². The van der Waals surface area contributed by atoms with Crippen LogP contribution in [-0.2, 0) is 18.4 Å². The second-order valence-electron chi connectivity index (χ2n) is 6.32. The van der Waals surface area contributed by atoms with E-state index in [4.69, 9.17) is 5.73 Å². The number of para-hydroxylation sites is 1. The summed E-state index contributed by atoms with van der Waals surface area (Å²) in [6, 6.07) is 14.0. The maximum absolute atomic E-state index is 12.7. The summed E-state index contributed by atoms with van der Waals surface area (Å²) >= 11 is 0. The minimum Gasteiger partial charge on any atom is -0.383 e. The zero-order chi connectivity index (χ0) is 18.5. The number of anilines is 1. The Morgan fingerprint density at radius 1 is 1.27 bits per heavy atom. The Hall–Kier alpha value is -3.08. The lowest BCUT2D eigenvalue weighted by Gasteiger charge is -2.21. The summed E-state index contributed by atoms with van der Waals surface area (Å²) in [5.74, 6) is 0.396. The molecule has 3 aromatic rings. The first-order chi connectivity index (χ1) is 12.6.